The van der Waals surface area contributed by atoms with Gasteiger partial charge in [0.15, 0.2) is 5.78 Å². The van der Waals surface area contributed by atoms with Gasteiger partial charge in [-0.1, -0.05) is 15.9 Å². The summed E-state index contributed by atoms with van der Waals surface area (Å²) >= 11 is 3.43. The lowest BCUT2D eigenvalue weighted by atomic mass is 10.00. The fourth-order valence-electron chi connectivity index (χ4n) is 1.76. The Balaban J connectivity index is 2.50. The van der Waals surface area contributed by atoms with Crippen LogP contribution >= 0.6 is 15.9 Å². The topological polar surface area (TPSA) is 29.1 Å². The Hall–Kier alpha value is -0.830. The van der Waals surface area contributed by atoms with Crippen molar-refractivity contribution >= 4 is 27.4 Å². The van der Waals surface area contributed by atoms with Crippen LogP contribution < -0.4 is 5.32 Å². The summed E-state index contributed by atoms with van der Waals surface area (Å²) in [4.78, 5) is 11.3. The van der Waals surface area contributed by atoms with Gasteiger partial charge in [0.2, 0.25) is 0 Å². The molecule has 1 N–H and O–H groups in total. The van der Waals surface area contributed by atoms with Crippen molar-refractivity contribution in [3.05, 3.63) is 27.7 Å². The van der Waals surface area contributed by atoms with Gasteiger partial charge in [-0.2, -0.15) is 0 Å². The van der Waals surface area contributed by atoms with E-state index in [1.165, 1.54) is 12.0 Å². The molecule has 3 heteroatoms. The lowest BCUT2D eigenvalue weighted by Crippen LogP contribution is -2.12. The highest BCUT2D eigenvalue weighted by Crippen LogP contribution is 2.29. The molecular formula is C11H12BrNO. The lowest BCUT2D eigenvalue weighted by molar-refractivity contribution is 0.101. The van der Waals surface area contributed by atoms with Crippen LogP contribution in [-0.2, 0) is 6.42 Å². The van der Waals surface area contributed by atoms with Crippen molar-refractivity contribution in [2.75, 3.05) is 11.9 Å². The molecule has 0 aromatic heterocycles. The fraction of sp³-hybridized carbons (Fsp3) is 0.364. The van der Waals surface area contributed by atoms with Crippen molar-refractivity contribution in [1.29, 1.82) is 0 Å². The molecule has 1 aromatic carbocycles. The van der Waals surface area contributed by atoms with E-state index in [1.54, 1.807) is 6.92 Å². The third-order valence-corrected chi connectivity index (χ3v) is 3.17. The van der Waals surface area contributed by atoms with Crippen LogP contribution in [-0.4, -0.2) is 12.3 Å². The minimum Gasteiger partial charge on any atom is -0.385 e. The van der Waals surface area contributed by atoms with Gasteiger partial charge in [-0.15, -0.1) is 0 Å². The van der Waals surface area contributed by atoms with Crippen molar-refractivity contribution in [3.63, 3.8) is 0 Å². The van der Waals surface area contributed by atoms with E-state index in [0.717, 1.165) is 28.7 Å². The maximum atomic E-state index is 11.3. The van der Waals surface area contributed by atoms with Gasteiger partial charge in [-0.25, -0.2) is 0 Å². The first-order chi connectivity index (χ1) is 6.68. The molecule has 0 bridgehead atoms. The first-order valence-electron chi connectivity index (χ1n) is 4.75. The van der Waals surface area contributed by atoms with Crippen LogP contribution in [0.2, 0.25) is 0 Å². The molecule has 1 heterocycles. The predicted octanol–water partition coefficient (Wildman–Crippen LogP) is 3.01. The zero-order valence-electron chi connectivity index (χ0n) is 8.06. The van der Waals surface area contributed by atoms with Crippen molar-refractivity contribution in [1.82, 2.24) is 0 Å². The van der Waals surface area contributed by atoms with E-state index in [-0.39, 0.29) is 5.78 Å². The minimum atomic E-state index is 0.104. The van der Waals surface area contributed by atoms with E-state index in [9.17, 15) is 4.79 Å². The largest absolute Gasteiger partial charge is 0.385 e. The standard InChI is InChI=1S/C11H12BrNO/c1-7(14)9-6-11-8(5-10(9)12)3-2-4-13-11/h5-6,13H,2-4H2,1H3. The molecule has 1 aromatic rings. The molecule has 1 aliphatic rings. The van der Waals surface area contributed by atoms with Crippen LogP contribution in [0.4, 0.5) is 5.69 Å². The van der Waals surface area contributed by atoms with Crippen LogP contribution in [0.5, 0.6) is 0 Å². The fourth-order valence-corrected chi connectivity index (χ4v) is 2.43. The van der Waals surface area contributed by atoms with Crippen LogP contribution in [0.1, 0.15) is 29.3 Å². The number of benzene rings is 1. The van der Waals surface area contributed by atoms with E-state index < -0.39 is 0 Å². The third kappa shape index (κ3) is 1.69. The number of carbonyl (C=O) groups excluding carboxylic acids is 1. The Kier molecular flexibility index (Phi) is 2.59. The summed E-state index contributed by atoms with van der Waals surface area (Å²) in [7, 11) is 0. The number of rotatable bonds is 1. The molecule has 0 saturated carbocycles. The number of Topliss-reactive ketones (excluding diaryl/α,β-unsaturated/α-hetero) is 1. The second kappa shape index (κ2) is 3.73. The van der Waals surface area contributed by atoms with Crippen molar-refractivity contribution in [2.45, 2.75) is 19.8 Å². The number of fused-ring (bicyclic) bond motifs is 1. The Labute approximate surface area is 91.8 Å². The molecule has 0 saturated heterocycles. The molecular weight excluding hydrogens is 242 g/mol. The van der Waals surface area contributed by atoms with Crippen molar-refractivity contribution in [3.8, 4) is 0 Å². The Morgan fingerprint density at radius 1 is 1.50 bits per heavy atom. The summed E-state index contributed by atoms with van der Waals surface area (Å²) in [5.74, 6) is 0.104. The van der Waals surface area contributed by atoms with Gasteiger partial charge < -0.3 is 5.32 Å². The molecule has 14 heavy (non-hydrogen) atoms. The van der Waals surface area contributed by atoms with Crippen molar-refractivity contribution in [2.24, 2.45) is 0 Å². The molecule has 1 aliphatic heterocycles. The molecule has 2 rings (SSSR count). The molecule has 74 valence electrons. The zero-order valence-corrected chi connectivity index (χ0v) is 9.65. The highest BCUT2D eigenvalue weighted by molar-refractivity contribution is 9.10. The third-order valence-electron chi connectivity index (χ3n) is 2.51. The lowest BCUT2D eigenvalue weighted by Gasteiger charge is -2.19. The van der Waals surface area contributed by atoms with Crippen LogP contribution in [0.3, 0.4) is 0 Å². The minimum absolute atomic E-state index is 0.104. The first-order valence-corrected chi connectivity index (χ1v) is 5.55. The Morgan fingerprint density at radius 2 is 2.29 bits per heavy atom. The second-order valence-electron chi connectivity index (χ2n) is 3.58. The number of halogens is 1. The second-order valence-corrected chi connectivity index (χ2v) is 4.43. The average Bonchev–Trinajstić information content (AvgIpc) is 2.16. The van der Waals surface area contributed by atoms with Gasteiger partial charge in [-0.3, -0.25) is 4.79 Å². The molecule has 0 amide bonds. The first kappa shape index (κ1) is 9.71. The van der Waals surface area contributed by atoms with E-state index >= 15 is 0 Å². The number of carbonyl (C=O) groups is 1. The van der Waals surface area contributed by atoms with E-state index in [1.807, 2.05) is 6.07 Å². The van der Waals surface area contributed by atoms with Crippen molar-refractivity contribution < 1.29 is 4.79 Å². The number of hydrogen-bond donors (Lipinski definition) is 1. The number of aryl methyl sites for hydroxylation is 1. The molecule has 2 nitrogen and oxygen atoms in total. The van der Waals surface area contributed by atoms with E-state index in [4.69, 9.17) is 0 Å². The molecule has 0 atom stereocenters. The summed E-state index contributed by atoms with van der Waals surface area (Å²) < 4.78 is 0.910. The number of ketones is 1. The highest BCUT2D eigenvalue weighted by atomic mass is 79.9. The van der Waals surface area contributed by atoms with Crippen LogP contribution in [0.15, 0.2) is 16.6 Å². The Bertz CT molecular complexity index is 387. The molecule has 0 spiro atoms. The molecule has 0 fully saturated rings. The number of anilines is 1. The van der Waals surface area contributed by atoms with Gasteiger partial charge in [0, 0.05) is 22.3 Å². The Morgan fingerprint density at radius 3 is 3.00 bits per heavy atom. The maximum Gasteiger partial charge on any atom is 0.161 e. The molecule has 0 radical (unpaired) electrons. The van der Waals surface area contributed by atoms with Gasteiger partial charge in [-0.05, 0) is 37.5 Å². The zero-order chi connectivity index (χ0) is 10.1. The summed E-state index contributed by atoms with van der Waals surface area (Å²) in [5.41, 5.74) is 3.18. The van der Waals surface area contributed by atoms with E-state index in [2.05, 4.69) is 27.3 Å². The highest BCUT2D eigenvalue weighted by Gasteiger charge is 2.13. The van der Waals surface area contributed by atoms with Gasteiger partial charge in [0.1, 0.15) is 0 Å². The summed E-state index contributed by atoms with van der Waals surface area (Å²) in [6.07, 6.45) is 2.26. The van der Waals surface area contributed by atoms with Gasteiger partial charge in [0.05, 0.1) is 0 Å². The van der Waals surface area contributed by atoms with Gasteiger partial charge in [0.25, 0.3) is 0 Å². The summed E-state index contributed by atoms with van der Waals surface area (Å²) in [6, 6.07) is 4.00. The monoisotopic (exact) mass is 253 g/mol. The average molecular weight is 254 g/mol. The SMILES string of the molecule is CC(=O)c1cc2c(cc1Br)CCCN2. The maximum absolute atomic E-state index is 11.3. The molecule has 0 unspecified atom stereocenters. The van der Waals surface area contributed by atoms with Crippen LogP contribution in [0.25, 0.3) is 0 Å². The normalized spacial score (nSPS) is 14.4. The smallest absolute Gasteiger partial charge is 0.161 e. The number of nitrogens with one attached hydrogen (secondary N) is 1. The van der Waals surface area contributed by atoms with Crippen LogP contribution in [0, 0.1) is 0 Å². The quantitative estimate of drug-likeness (QED) is 0.780. The predicted molar refractivity (Wildman–Crippen MR) is 61.0 cm³/mol. The molecule has 0 aliphatic carbocycles. The van der Waals surface area contributed by atoms with Gasteiger partial charge >= 0.3 is 0 Å². The summed E-state index contributed by atoms with van der Waals surface area (Å²) in [6.45, 7) is 2.60. The van der Waals surface area contributed by atoms with E-state index in [0.29, 0.717) is 0 Å². The number of hydrogen-bond acceptors (Lipinski definition) is 2. The summed E-state index contributed by atoms with van der Waals surface area (Å²) in [5, 5.41) is 3.31.